The number of carbonyl (C=O) groups is 1. The second kappa shape index (κ2) is 6.75. The molecule has 4 N–H and O–H groups in total. The number of nitrogens with two attached hydrogens (primary N) is 1. The SMILES string of the molecule is C=C/C(N)=C(\C(=C)F)C(=O)NNc1ccc(C#N)cc1. The second-order valence-corrected chi connectivity index (χ2v) is 3.71. The van der Waals surface area contributed by atoms with Crippen molar-refractivity contribution in [2.45, 2.75) is 0 Å². The molecular formula is C14H13FN4O. The molecule has 1 amide bonds. The summed E-state index contributed by atoms with van der Waals surface area (Å²) < 4.78 is 13.2. The van der Waals surface area contributed by atoms with E-state index in [9.17, 15) is 9.18 Å². The summed E-state index contributed by atoms with van der Waals surface area (Å²) in [5.41, 5.74) is 10.8. The second-order valence-electron chi connectivity index (χ2n) is 3.71. The number of rotatable bonds is 5. The number of allylic oxidation sites excluding steroid dienone is 1. The van der Waals surface area contributed by atoms with Gasteiger partial charge in [0.15, 0.2) is 0 Å². The molecule has 1 rings (SSSR count). The van der Waals surface area contributed by atoms with E-state index >= 15 is 0 Å². The Balaban J connectivity index is 2.78. The number of hydrogen-bond donors (Lipinski definition) is 3. The molecule has 0 aromatic heterocycles. The zero-order valence-electron chi connectivity index (χ0n) is 10.6. The van der Waals surface area contributed by atoms with Gasteiger partial charge in [-0.25, -0.2) is 4.39 Å². The van der Waals surface area contributed by atoms with Crippen LogP contribution in [0.1, 0.15) is 5.56 Å². The molecule has 20 heavy (non-hydrogen) atoms. The number of nitriles is 1. The molecule has 0 spiro atoms. The molecule has 0 aliphatic rings. The minimum absolute atomic E-state index is 0.114. The van der Waals surface area contributed by atoms with Gasteiger partial charge in [-0.1, -0.05) is 13.2 Å². The quantitative estimate of drug-likeness (QED) is 0.433. The number of nitrogens with one attached hydrogen (secondary N) is 2. The van der Waals surface area contributed by atoms with Gasteiger partial charge in [0.1, 0.15) is 5.83 Å². The lowest BCUT2D eigenvalue weighted by Gasteiger charge is -2.11. The largest absolute Gasteiger partial charge is 0.398 e. The summed E-state index contributed by atoms with van der Waals surface area (Å²) in [7, 11) is 0. The van der Waals surface area contributed by atoms with Gasteiger partial charge >= 0.3 is 0 Å². The lowest BCUT2D eigenvalue weighted by Crippen LogP contribution is -2.32. The Kier molecular flexibility index (Phi) is 5.06. The van der Waals surface area contributed by atoms with Gasteiger partial charge in [-0.05, 0) is 30.3 Å². The van der Waals surface area contributed by atoms with Crippen molar-refractivity contribution < 1.29 is 9.18 Å². The Morgan fingerprint density at radius 3 is 2.45 bits per heavy atom. The maximum Gasteiger partial charge on any atom is 0.274 e. The number of carbonyl (C=O) groups excluding carboxylic acids is 1. The molecule has 0 bridgehead atoms. The van der Waals surface area contributed by atoms with Crippen molar-refractivity contribution in [3.8, 4) is 6.07 Å². The van der Waals surface area contributed by atoms with Gasteiger partial charge in [-0.2, -0.15) is 5.26 Å². The van der Waals surface area contributed by atoms with Crippen molar-refractivity contribution in [2.75, 3.05) is 5.43 Å². The standard InChI is InChI=1S/C14H13FN4O/c1-3-12(17)13(9(2)15)14(20)19-18-11-6-4-10(8-16)5-7-11/h3-7,18H,1-2,17H2,(H,19,20)/b13-12-. The van der Waals surface area contributed by atoms with E-state index in [1.54, 1.807) is 24.3 Å². The fraction of sp³-hybridized carbons (Fsp3) is 0. The van der Waals surface area contributed by atoms with Crippen molar-refractivity contribution >= 4 is 11.6 Å². The molecule has 0 aliphatic heterocycles. The molecule has 102 valence electrons. The van der Waals surface area contributed by atoms with E-state index < -0.39 is 11.7 Å². The maximum absolute atomic E-state index is 13.2. The summed E-state index contributed by atoms with van der Waals surface area (Å²) in [4.78, 5) is 11.8. The number of halogens is 1. The fourth-order valence-corrected chi connectivity index (χ4v) is 1.33. The molecule has 0 fully saturated rings. The van der Waals surface area contributed by atoms with E-state index in [-0.39, 0.29) is 11.3 Å². The average Bonchev–Trinajstić information content (AvgIpc) is 2.45. The van der Waals surface area contributed by atoms with E-state index in [0.29, 0.717) is 11.3 Å². The van der Waals surface area contributed by atoms with Crippen molar-refractivity contribution in [1.29, 1.82) is 5.26 Å². The van der Waals surface area contributed by atoms with E-state index in [2.05, 4.69) is 24.0 Å². The molecule has 5 nitrogen and oxygen atoms in total. The predicted molar refractivity (Wildman–Crippen MR) is 74.6 cm³/mol. The number of anilines is 1. The first-order valence-electron chi connectivity index (χ1n) is 5.53. The summed E-state index contributed by atoms with van der Waals surface area (Å²) in [6, 6.07) is 8.27. The minimum atomic E-state index is -0.957. The van der Waals surface area contributed by atoms with Crippen LogP contribution in [0.25, 0.3) is 0 Å². The van der Waals surface area contributed by atoms with Crippen LogP contribution in [0.2, 0.25) is 0 Å². The third-order valence-electron chi connectivity index (χ3n) is 2.34. The summed E-state index contributed by atoms with van der Waals surface area (Å²) in [5, 5.41) is 8.65. The summed E-state index contributed by atoms with van der Waals surface area (Å²) in [6.07, 6.45) is 1.15. The zero-order valence-corrected chi connectivity index (χ0v) is 10.6. The van der Waals surface area contributed by atoms with Crippen LogP contribution in [0.4, 0.5) is 10.1 Å². The van der Waals surface area contributed by atoms with Crippen molar-refractivity contribution in [2.24, 2.45) is 5.73 Å². The Morgan fingerprint density at radius 2 is 2.00 bits per heavy atom. The van der Waals surface area contributed by atoms with Gasteiger partial charge < -0.3 is 5.73 Å². The van der Waals surface area contributed by atoms with E-state index in [4.69, 9.17) is 11.0 Å². The molecule has 0 saturated carbocycles. The highest BCUT2D eigenvalue weighted by molar-refractivity contribution is 5.98. The highest BCUT2D eigenvalue weighted by Gasteiger charge is 2.15. The highest BCUT2D eigenvalue weighted by Crippen LogP contribution is 2.13. The van der Waals surface area contributed by atoms with Gasteiger partial charge in [-0.3, -0.25) is 15.6 Å². The Hall–Kier alpha value is -3.07. The van der Waals surface area contributed by atoms with Crippen LogP contribution < -0.4 is 16.6 Å². The Labute approximate surface area is 115 Å². The predicted octanol–water partition coefficient (Wildman–Crippen LogP) is 1.88. The van der Waals surface area contributed by atoms with Gasteiger partial charge in [0, 0.05) is 5.70 Å². The van der Waals surface area contributed by atoms with E-state index in [0.717, 1.165) is 6.08 Å². The molecule has 0 aliphatic carbocycles. The van der Waals surface area contributed by atoms with Crippen LogP contribution in [0.15, 0.2) is 60.6 Å². The highest BCUT2D eigenvalue weighted by atomic mass is 19.1. The average molecular weight is 272 g/mol. The molecule has 6 heteroatoms. The van der Waals surface area contributed by atoms with Gasteiger partial charge in [0.25, 0.3) is 5.91 Å². The molecule has 0 atom stereocenters. The number of nitrogens with zero attached hydrogens (tertiary/aromatic N) is 1. The van der Waals surface area contributed by atoms with Crippen molar-refractivity contribution in [3.63, 3.8) is 0 Å². The Morgan fingerprint density at radius 1 is 1.40 bits per heavy atom. The molecule has 1 aromatic rings. The summed E-state index contributed by atoms with van der Waals surface area (Å²) >= 11 is 0. The third-order valence-corrected chi connectivity index (χ3v) is 2.34. The fourth-order valence-electron chi connectivity index (χ4n) is 1.33. The van der Waals surface area contributed by atoms with Crippen LogP contribution in [0, 0.1) is 11.3 Å². The first kappa shape index (κ1) is 15.0. The number of hydrogen-bond acceptors (Lipinski definition) is 4. The van der Waals surface area contributed by atoms with Crippen LogP contribution in [-0.2, 0) is 4.79 Å². The molecule has 1 aromatic carbocycles. The smallest absolute Gasteiger partial charge is 0.274 e. The monoisotopic (exact) mass is 272 g/mol. The maximum atomic E-state index is 13.2. The molecule has 0 heterocycles. The first-order valence-corrected chi connectivity index (χ1v) is 5.53. The zero-order chi connectivity index (χ0) is 15.1. The molecule has 0 unspecified atom stereocenters. The normalized spacial score (nSPS) is 10.8. The van der Waals surface area contributed by atoms with E-state index in [1.807, 2.05) is 6.07 Å². The summed E-state index contributed by atoms with van der Waals surface area (Å²) in [5.74, 6) is -1.74. The van der Waals surface area contributed by atoms with E-state index in [1.165, 1.54) is 0 Å². The first-order chi connectivity index (χ1) is 9.49. The number of benzene rings is 1. The van der Waals surface area contributed by atoms with Crippen LogP contribution in [-0.4, -0.2) is 5.91 Å². The van der Waals surface area contributed by atoms with Gasteiger partial charge in [-0.15, -0.1) is 0 Å². The lowest BCUT2D eigenvalue weighted by molar-refractivity contribution is -0.116. The third kappa shape index (κ3) is 3.71. The van der Waals surface area contributed by atoms with Crippen LogP contribution in [0.5, 0.6) is 0 Å². The lowest BCUT2D eigenvalue weighted by atomic mass is 10.1. The Bertz CT molecular complexity index is 611. The number of hydrazine groups is 1. The van der Waals surface area contributed by atoms with Crippen molar-refractivity contribution in [1.82, 2.24) is 5.43 Å². The van der Waals surface area contributed by atoms with Crippen molar-refractivity contribution in [3.05, 3.63) is 66.2 Å². The molecule has 0 radical (unpaired) electrons. The van der Waals surface area contributed by atoms with Crippen LogP contribution in [0.3, 0.4) is 0 Å². The van der Waals surface area contributed by atoms with Gasteiger partial charge in [0.05, 0.1) is 22.9 Å². The number of amides is 1. The molecular weight excluding hydrogens is 259 g/mol. The van der Waals surface area contributed by atoms with Crippen LogP contribution >= 0.6 is 0 Å². The molecule has 0 saturated heterocycles. The summed E-state index contributed by atoms with van der Waals surface area (Å²) in [6.45, 7) is 6.41. The minimum Gasteiger partial charge on any atom is -0.398 e. The van der Waals surface area contributed by atoms with Gasteiger partial charge in [0.2, 0.25) is 0 Å². The topological polar surface area (TPSA) is 90.9 Å².